The summed E-state index contributed by atoms with van der Waals surface area (Å²) in [6.07, 6.45) is 0. The number of halogens is 1. The van der Waals surface area contributed by atoms with E-state index in [2.05, 4.69) is 31.4 Å². The lowest BCUT2D eigenvalue weighted by Crippen LogP contribution is -2.15. The molecule has 0 fully saturated rings. The fraction of sp³-hybridized carbons (Fsp3) is 0.278. The van der Waals surface area contributed by atoms with Crippen molar-refractivity contribution in [2.24, 2.45) is 0 Å². The van der Waals surface area contributed by atoms with Crippen LogP contribution < -0.4 is 10.1 Å². The van der Waals surface area contributed by atoms with Crippen LogP contribution in [0.1, 0.15) is 19.9 Å². The standard InChI is InChI=1S/C18H19BrN4O3S/c1-11(2)23-17(14-8-9-15(19)26-14)21-22-18(23)27-10-16(24)20-12-4-6-13(25-3)7-5-12/h4-9,11H,10H2,1-3H3,(H,20,24). The van der Waals surface area contributed by atoms with Crippen LogP contribution >= 0.6 is 27.7 Å². The van der Waals surface area contributed by atoms with Gasteiger partial charge in [0.25, 0.3) is 0 Å². The van der Waals surface area contributed by atoms with E-state index in [1.54, 1.807) is 31.4 Å². The quantitative estimate of drug-likeness (QED) is 0.528. The summed E-state index contributed by atoms with van der Waals surface area (Å²) in [4.78, 5) is 12.3. The monoisotopic (exact) mass is 450 g/mol. The molecule has 142 valence electrons. The molecule has 1 N–H and O–H groups in total. The lowest BCUT2D eigenvalue weighted by Gasteiger charge is -2.12. The predicted molar refractivity (Wildman–Crippen MR) is 108 cm³/mol. The Morgan fingerprint density at radius 1 is 1.26 bits per heavy atom. The Morgan fingerprint density at radius 3 is 2.59 bits per heavy atom. The minimum absolute atomic E-state index is 0.117. The number of nitrogens with one attached hydrogen (secondary N) is 1. The van der Waals surface area contributed by atoms with Crippen molar-refractivity contribution in [1.82, 2.24) is 14.8 Å². The molecule has 3 aromatic rings. The van der Waals surface area contributed by atoms with Gasteiger partial charge in [-0.3, -0.25) is 9.36 Å². The van der Waals surface area contributed by atoms with Gasteiger partial charge in [-0.05, 0) is 66.2 Å². The third kappa shape index (κ3) is 4.72. The van der Waals surface area contributed by atoms with Crippen LogP contribution in [0.3, 0.4) is 0 Å². The summed E-state index contributed by atoms with van der Waals surface area (Å²) in [5.74, 6) is 2.10. The molecule has 0 aliphatic rings. The van der Waals surface area contributed by atoms with Crippen LogP contribution in [0.5, 0.6) is 5.75 Å². The highest BCUT2D eigenvalue weighted by atomic mass is 79.9. The van der Waals surface area contributed by atoms with E-state index in [9.17, 15) is 4.79 Å². The van der Waals surface area contributed by atoms with Gasteiger partial charge >= 0.3 is 0 Å². The van der Waals surface area contributed by atoms with E-state index in [-0.39, 0.29) is 17.7 Å². The summed E-state index contributed by atoms with van der Waals surface area (Å²) in [5, 5.41) is 12.0. The summed E-state index contributed by atoms with van der Waals surface area (Å²) in [7, 11) is 1.60. The van der Waals surface area contributed by atoms with Gasteiger partial charge in [-0.2, -0.15) is 0 Å². The molecule has 2 heterocycles. The van der Waals surface area contributed by atoms with Crippen LogP contribution in [-0.2, 0) is 4.79 Å². The number of carbonyl (C=O) groups excluding carboxylic acids is 1. The number of hydrogen-bond donors (Lipinski definition) is 1. The molecule has 0 saturated heterocycles. The molecule has 0 bridgehead atoms. The highest BCUT2D eigenvalue weighted by Gasteiger charge is 2.20. The van der Waals surface area contributed by atoms with Gasteiger partial charge in [0, 0.05) is 11.7 Å². The van der Waals surface area contributed by atoms with Crippen LogP contribution in [0, 0.1) is 0 Å². The molecule has 0 saturated carbocycles. The van der Waals surface area contributed by atoms with Gasteiger partial charge in [0.05, 0.1) is 12.9 Å². The molecule has 1 aromatic carbocycles. The lowest BCUT2D eigenvalue weighted by molar-refractivity contribution is -0.113. The second kappa shape index (κ2) is 8.62. The van der Waals surface area contributed by atoms with E-state index in [0.29, 0.717) is 27.1 Å². The average Bonchev–Trinajstić information content (AvgIpc) is 3.26. The fourth-order valence-corrected chi connectivity index (χ4v) is 3.62. The maximum absolute atomic E-state index is 12.3. The number of amides is 1. The fourth-order valence-electron chi connectivity index (χ4n) is 2.44. The van der Waals surface area contributed by atoms with Gasteiger partial charge in [0.2, 0.25) is 11.7 Å². The number of anilines is 1. The van der Waals surface area contributed by atoms with E-state index in [0.717, 1.165) is 5.75 Å². The van der Waals surface area contributed by atoms with Crippen molar-refractivity contribution >= 4 is 39.3 Å². The van der Waals surface area contributed by atoms with Gasteiger partial charge in [-0.25, -0.2) is 0 Å². The van der Waals surface area contributed by atoms with Crippen LogP contribution in [0.15, 0.2) is 50.6 Å². The van der Waals surface area contributed by atoms with Crippen molar-refractivity contribution in [1.29, 1.82) is 0 Å². The highest BCUT2D eigenvalue weighted by Crippen LogP contribution is 2.30. The number of methoxy groups -OCH3 is 1. The first-order valence-corrected chi connectivity index (χ1v) is 10.0. The van der Waals surface area contributed by atoms with Crippen molar-refractivity contribution in [3.05, 3.63) is 41.1 Å². The summed E-state index contributed by atoms with van der Waals surface area (Å²) >= 11 is 4.63. The van der Waals surface area contributed by atoms with Crippen molar-refractivity contribution in [3.8, 4) is 17.3 Å². The number of carbonyl (C=O) groups is 1. The Kier molecular flexibility index (Phi) is 6.22. The second-order valence-electron chi connectivity index (χ2n) is 5.94. The van der Waals surface area contributed by atoms with Crippen molar-refractivity contribution in [2.75, 3.05) is 18.2 Å². The van der Waals surface area contributed by atoms with E-state index >= 15 is 0 Å². The summed E-state index contributed by atoms with van der Waals surface area (Å²) < 4.78 is 13.3. The number of hydrogen-bond acceptors (Lipinski definition) is 6. The van der Waals surface area contributed by atoms with E-state index in [4.69, 9.17) is 9.15 Å². The molecule has 1 amide bonds. The predicted octanol–water partition coefficient (Wildman–Crippen LogP) is 4.62. The molecular weight excluding hydrogens is 432 g/mol. The molecule has 2 aromatic heterocycles. The molecule has 0 atom stereocenters. The number of furan rings is 1. The Labute approximate surface area is 169 Å². The summed E-state index contributed by atoms with van der Waals surface area (Å²) in [6.45, 7) is 4.07. The third-order valence-electron chi connectivity index (χ3n) is 3.68. The van der Waals surface area contributed by atoms with Gasteiger partial charge in [0.1, 0.15) is 5.75 Å². The first kappa shape index (κ1) is 19.5. The van der Waals surface area contributed by atoms with Crippen molar-refractivity contribution in [2.45, 2.75) is 25.0 Å². The molecule has 27 heavy (non-hydrogen) atoms. The van der Waals surface area contributed by atoms with E-state index in [1.165, 1.54) is 11.8 Å². The first-order chi connectivity index (χ1) is 13.0. The number of ether oxygens (including phenoxy) is 1. The molecule has 0 radical (unpaired) electrons. The molecule has 9 heteroatoms. The smallest absolute Gasteiger partial charge is 0.234 e. The zero-order valence-electron chi connectivity index (χ0n) is 15.1. The zero-order valence-corrected chi connectivity index (χ0v) is 17.5. The minimum atomic E-state index is -0.120. The lowest BCUT2D eigenvalue weighted by atomic mass is 10.3. The number of nitrogens with zero attached hydrogens (tertiary/aromatic N) is 3. The number of benzene rings is 1. The van der Waals surface area contributed by atoms with Crippen LogP contribution in [0.4, 0.5) is 5.69 Å². The molecule has 0 aliphatic heterocycles. The maximum Gasteiger partial charge on any atom is 0.234 e. The molecule has 7 nitrogen and oxygen atoms in total. The maximum atomic E-state index is 12.3. The summed E-state index contributed by atoms with van der Waals surface area (Å²) in [5.41, 5.74) is 0.716. The van der Waals surface area contributed by atoms with Gasteiger partial charge < -0.3 is 14.5 Å². The molecular formula is C18H19BrN4O3S. The molecule has 0 spiro atoms. The normalized spacial score (nSPS) is 11.0. The third-order valence-corrected chi connectivity index (χ3v) is 5.05. The molecule has 3 rings (SSSR count). The second-order valence-corrected chi connectivity index (χ2v) is 7.66. The Bertz CT molecular complexity index is 921. The van der Waals surface area contributed by atoms with Crippen LogP contribution in [0.2, 0.25) is 0 Å². The van der Waals surface area contributed by atoms with E-state index < -0.39 is 0 Å². The van der Waals surface area contributed by atoms with Crippen LogP contribution in [-0.4, -0.2) is 33.5 Å². The topological polar surface area (TPSA) is 82.2 Å². The van der Waals surface area contributed by atoms with E-state index in [1.807, 2.05) is 30.5 Å². The van der Waals surface area contributed by atoms with Gasteiger partial charge in [-0.1, -0.05) is 11.8 Å². The van der Waals surface area contributed by atoms with Crippen molar-refractivity contribution < 1.29 is 13.9 Å². The average molecular weight is 451 g/mol. The van der Waals surface area contributed by atoms with Crippen LogP contribution in [0.25, 0.3) is 11.6 Å². The molecule has 0 aliphatic carbocycles. The van der Waals surface area contributed by atoms with Gasteiger partial charge in [0.15, 0.2) is 15.6 Å². The number of rotatable bonds is 7. The zero-order chi connectivity index (χ0) is 19.4. The minimum Gasteiger partial charge on any atom is -0.497 e. The summed E-state index contributed by atoms with van der Waals surface area (Å²) in [6, 6.07) is 10.9. The number of aromatic nitrogens is 3. The SMILES string of the molecule is COc1ccc(NC(=O)CSc2nnc(-c3ccc(Br)o3)n2C(C)C)cc1. The Balaban J connectivity index is 1.68. The Morgan fingerprint density at radius 2 is 2.00 bits per heavy atom. The first-order valence-electron chi connectivity index (χ1n) is 8.25. The highest BCUT2D eigenvalue weighted by molar-refractivity contribution is 9.10. The Hall–Kier alpha value is -2.26. The largest absolute Gasteiger partial charge is 0.497 e. The number of thioether (sulfide) groups is 1. The van der Waals surface area contributed by atoms with Crippen molar-refractivity contribution in [3.63, 3.8) is 0 Å². The molecule has 0 unspecified atom stereocenters. The van der Waals surface area contributed by atoms with Gasteiger partial charge in [-0.15, -0.1) is 10.2 Å².